The lowest BCUT2D eigenvalue weighted by Gasteiger charge is -2.03. The van der Waals surface area contributed by atoms with Crippen molar-refractivity contribution in [1.29, 1.82) is 0 Å². The summed E-state index contributed by atoms with van der Waals surface area (Å²) in [4.78, 5) is 0. The number of anilines is 1. The Morgan fingerprint density at radius 1 is 1.11 bits per heavy atom. The summed E-state index contributed by atoms with van der Waals surface area (Å²) >= 11 is 0. The minimum absolute atomic E-state index is 0.328. The molecule has 0 bridgehead atoms. The van der Waals surface area contributed by atoms with Crippen molar-refractivity contribution in [2.24, 2.45) is 0 Å². The van der Waals surface area contributed by atoms with Gasteiger partial charge in [-0.05, 0) is 36.4 Å². The van der Waals surface area contributed by atoms with Gasteiger partial charge in [-0.15, -0.1) is 0 Å². The molecule has 96 valence electrons. The number of benzene rings is 1. The van der Waals surface area contributed by atoms with Gasteiger partial charge in [-0.2, -0.15) is 0 Å². The second-order valence-electron chi connectivity index (χ2n) is 4.02. The molecule has 5 heteroatoms. The van der Waals surface area contributed by atoms with Crippen LogP contribution in [0.2, 0.25) is 0 Å². The third kappa shape index (κ3) is 2.60. The van der Waals surface area contributed by atoms with E-state index in [9.17, 15) is 0 Å². The summed E-state index contributed by atoms with van der Waals surface area (Å²) in [7, 11) is 0. The fourth-order valence-corrected chi connectivity index (χ4v) is 1.64. The van der Waals surface area contributed by atoms with E-state index >= 15 is 0 Å². The van der Waals surface area contributed by atoms with Crippen molar-refractivity contribution in [1.82, 2.24) is 5.16 Å². The number of hydrogen-bond donors (Lipinski definition) is 1. The smallest absolute Gasteiger partial charge is 0.202 e. The van der Waals surface area contributed by atoms with Crippen molar-refractivity contribution in [3.05, 3.63) is 54.4 Å². The van der Waals surface area contributed by atoms with Crippen LogP contribution in [0.3, 0.4) is 0 Å². The van der Waals surface area contributed by atoms with Gasteiger partial charge in [-0.3, -0.25) is 0 Å². The van der Waals surface area contributed by atoms with Gasteiger partial charge in [0.05, 0.1) is 6.26 Å². The molecule has 2 aromatic heterocycles. The van der Waals surface area contributed by atoms with E-state index in [1.54, 1.807) is 30.5 Å². The van der Waals surface area contributed by atoms with Crippen LogP contribution in [0, 0.1) is 0 Å². The zero-order valence-corrected chi connectivity index (χ0v) is 10.1. The standard InChI is InChI=1S/C14H12N2O3/c15-10-3-5-12(6-4-10)18-9-11-8-14(19-16-11)13-2-1-7-17-13/h1-8H,9,15H2. The number of aromatic nitrogens is 1. The number of furan rings is 1. The first kappa shape index (κ1) is 11.4. The van der Waals surface area contributed by atoms with Gasteiger partial charge < -0.3 is 19.4 Å². The van der Waals surface area contributed by atoms with Crippen molar-refractivity contribution < 1.29 is 13.7 Å². The quantitative estimate of drug-likeness (QED) is 0.726. The summed E-state index contributed by atoms with van der Waals surface area (Å²) in [6.07, 6.45) is 1.59. The molecule has 0 amide bonds. The molecule has 0 fully saturated rings. The lowest BCUT2D eigenvalue weighted by Crippen LogP contribution is -1.95. The molecule has 0 saturated carbocycles. The van der Waals surface area contributed by atoms with Gasteiger partial charge in [-0.1, -0.05) is 5.16 Å². The number of nitrogen functional groups attached to an aromatic ring is 1. The summed E-state index contributed by atoms with van der Waals surface area (Å²) in [5.74, 6) is 1.96. The number of ether oxygens (including phenoxy) is 1. The zero-order valence-electron chi connectivity index (χ0n) is 10.1. The topological polar surface area (TPSA) is 74.4 Å². The molecule has 0 spiro atoms. The highest BCUT2D eigenvalue weighted by Gasteiger charge is 2.09. The summed E-state index contributed by atoms with van der Waals surface area (Å²) in [6.45, 7) is 0.328. The van der Waals surface area contributed by atoms with Gasteiger partial charge in [0, 0.05) is 11.8 Å². The second kappa shape index (κ2) is 4.89. The Labute approximate surface area is 109 Å². The first-order valence-electron chi connectivity index (χ1n) is 5.79. The first-order chi connectivity index (χ1) is 9.31. The van der Waals surface area contributed by atoms with E-state index in [-0.39, 0.29) is 0 Å². The average Bonchev–Trinajstić information content (AvgIpc) is 3.09. The SMILES string of the molecule is Nc1ccc(OCc2cc(-c3ccco3)on2)cc1. The van der Waals surface area contributed by atoms with Crippen LogP contribution in [0.5, 0.6) is 5.75 Å². The van der Waals surface area contributed by atoms with Crippen LogP contribution in [0.1, 0.15) is 5.69 Å². The van der Waals surface area contributed by atoms with E-state index < -0.39 is 0 Å². The maximum Gasteiger partial charge on any atom is 0.202 e. The Bertz CT molecular complexity index is 642. The molecule has 3 rings (SSSR count). The Hall–Kier alpha value is -2.69. The second-order valence-corrected chi connectivity index (χ2v) is 4.02. The van der Waals surface area contributed by atoms with E-state index in [4.69, 9.17) is 19.4 Å². The molecule has 0 aliphatic carbocycles. The number of hydrogen-bond acceptors (Lipinski definition) is 5. The summed E-state index contributed by atoms with van der Waals surface area (Å²) in [5.41, 5.74) is 7.00. The van der Waals surface area contributed by atoms with Crippen LogP contribution >= 0.6 is 0 Å². The molecule has 0 atom stereocenters. The predicted octanol–water partition coefficient (Wildman–Crippen LogP) is 3.10. The molecule has 19 heavy (non-hydrogen) atoms. The van der Waals surface area contributed by atoms with E-state index in [1.165, 1.54) is 0 Å². The Balaban J connectivity index is 1.66. The van der Waals surface area contributed by atoms with Gasteiger partial charge in [0.2, 0.25) is 5.76 Å². The Morgan fingerprint density at radius 3 is 2.68 bits per heavy atom. The summed E-state index contributed by atoms with van der Waals surface area (Å²) in [6, 6.07) is 12.6. The third-order valence-electron chi connectivity index (χ3n) is 2.59. The Morgan fingerprint density at radius 2 is 1.95 bits per heavy atom. The number of nitrogens with two attached hydrogens (primary N) is 1. The molecule has 0 unspecified atom stereocenters. The fraction of sp³-hybridized carbons (Fsp3) is 0.0714. The zero-order chi connectivity index (χ0) is 13.1. The highest BCUT2D eigenvalue weighted by atomic mass is 16.5. The molecule has 0 radical (unpaired) electrons. The van der Waals surface area contributed by atoms with Crippen LogP contribution < -0.4 is 10.5 Å². The monoisotopic (exact) mass is 256 g/mol. The van der Waals surface area contributed by atoms with Crippen molar-refractivity contribution in [3.8, 4) is 17.3 Å². The minimum Gasteiger partial charge on any atom is -0.487 e. The molecule has 0 aliphatic rings. The number of nitrogens with zero attached hydrogens (tertiary/aromatic N) is 1. The van der Waals surface area contributed by atoms with Gasteiger partial charge >= 0.3 is 0 Å². The van der Waals surface area contributed by atoms with Crippen molar-refractivity contribution >= 4 is 5.69 Å². The van der Waals surface area contributed by atoms with Crippen LogP contribution in [-0.4, -0.2) is 5.16 Å². The molecular weight excluding hydrogens is 244 g/mol. The van der Waals surface area contributed by atoms with E-state index in [2.05, 4.69) is 5.16 Å². The van der Waals surface area contributed by atoms with Crippen molar-refractivity contribution in [2.45, 2.75) is 6.61 Å². The third-order valence-corrected chi connectivity index (χ3v) is 2.59. The normalized spacial score (nSPS) is 10.5. The van der Waals surface area contributed by atoms with Crippen molar-refractivity contribution in [3.63, 3.8) is 0 Å². The molecule has 0 saturated heterocycles. The molecule has 3 aromatic rings. The maximum absolute atomic E-state index is 5.60. The van der Waals surface area contributed by atoms with Gasteiger partial charge in [-0.25, -0.2) is 0 Å². The lowest BCUT2D eigenvalue weighted by molar-refractivity contribution is 0.289. The van der Waals surface area contributed by atoms with Crippen LogP contribution in [0.25, 0.3) is 11.5 Å². The molecule has 2 N–H and O–H groups in total. The van der Waals surface area contributed by atoms with Crippen LogP contribution in [0.15, 0.2) is 57.7 Å². The number of rotatable bonds is 4. The highest BCUT2D eigenvalue weighted by Crippen LogP contribution is 2.21. The molecule has 1 aromatic carbocycles. The molecule has 5 nitrogen and oxygen atoms in total. The summed E-state index contributed by atoms with van der Waals surface area (Å²) < 4.78 is 16.0. The average molecular weight is 256 g/mol. The molecule has 0 aliphatic heterocycles. The van der Waals surface area contributed by atoms with E-state index in [1.807, 2.05) is 18.2 Å². The van der Waals surface area contributed by atoms with Crippen LogP contribution in [-0.2, 0) is 6.61 Å². The van der Waals surface area contributed by atoms with E-state index in [0.29, 0.717) is 29.5 Å². The van der Waals surface area contributed by atoms with Crippen LogP contribution in [0.4, 0.5) is 5.69 Å². The largest absolute Gasteiger partial charge is 0.487 e. The highest BCUT2D eigenvalue weighted by molar-refractivity contribution is 5.49. The molecular formula is C14H12N2O3. The first-order valence-corrected chi connectivity index (χ1v) is 5.79. The lowest BCUT2D eigenvalue weighted by atomic mass is 10.3. The van der Waals surface area contributed by atoms with Gasteiger partial charge in [0.25, 0.3) is 0 Å². The molecule has 2 heterocycles. The summed E-state index contributed by atoms with van der Waals surface area (Å²) in [5, 5.41) is 3.92. The minimum atomic E-state index is 0.328. The van der Waals surface area contributed by atoms with Gasteiger partial charge in [0.1, 0.15) is 18.1 Å². The fourth-order valence-electron chi connectivity index (χ4n) is 1.64. The Kier molecular flexibility index (Phi) is 2.94. The van der Waals surface area contributed by atoms with E-state index in [0.717, 1.165) is 5.75 Å². The predicted molar refractivity (Wildman–Crippen MR) is 69.4 cm³/mol. The van der Waals surface area contributed by atoms with Crippen molar-refractivity contribution in [2.75, 3.05) is 5.73 Å². The maximum atomic E-state index is 5.60. The van der Waals surface area contributed by atoms with Gasteiger partial charge in [0.15, 0.2) is 5.76 Å².